The van der Waals surface area contributed by atoms with Crippen molar-refractivity contribution in [2.75, 3.05) is 31.5 Å². The molecule has 8 heteroatoms. The lowest BCUT2D eigenvalue weighted by Gasteiger charge is -2.41. The molecule has 0 unspecified atom stereocenters. The standard InChI is InChI=1S/C33H36N6O2/c1-22-10-15-37(16-11-22)27-12-17-38(18-13-27)33(41)23-2-5-26(6-3-23)36-29-8-9-30(39-19-14-34-31(29)39)24-4-7-28-25(20-24)21-35-32(28)40/h2-9,14,19-22,27,35-36,40H,10-13,15-18H2,1H3. The van der Waals surface area contributed by atoms with Gasteiger partial charge in [-0.05, 0) is 98.8 Å². The van der Waals surface area contributed by atoms with Crippen LogP contribution >= 0.6 is 0 Å². The van der Waals surface area contributed by atoms with Crippen molar-refractivity contribution in [2.24, 2.45) is 5.92 Å². The average Bonchev–Trinajstić information content (AvgIpc) is 3.65. The third-order valence-corrected chi connectivity index (χ3v) is 9.01. The van der Waals surface area contributed by atoms with E-state index in [1.54, 1.807) is 6.20 Å². The maximum absolute atomic E-state index is 13.3. The number of aromatic nitrogens is 3. The summed E-state index contributed by atoms with van der Waals surface area (Å²) in [6, 6.07) is 18.5. The van der Waals surface area contributed by atoms with Gasteiger partial charge in [-0.1, -0.05) is 13.0 Å². The predicted octanol–water partition coefficient (Wildman–Crippen LogP) is 6.27. The third-order valence-electron chi connectivity index (χ3n) is 9.01. The number of nitrogens with one attached hydrogen (secondary N) is 2. The molecule has 7 rings (SSSR count). The number of pyridine rings is 1. The summed E-state index contributed by atoms with van der Waals surface area (Å²) in [5.74, 6) is 1.15. The summed E-state index contributed by atoms with van der Waals surface area (Å²) >= 11 is 0. The van der Waals surface area contributed by atoms with Crippen LogP contribution in [0.3, 0.4) is 0 Å². The van der Waals surface area contributed by atoms with Gasteiger partial charge in [0.25, 0.3) is 5.91 Å². The molecule has 0 bridgehead atoms. The molecule has 2 aliphatic heterocycles. The van der Waals surface area contributed by atoms with Crippen LogP contribution in [0.25, 0.3) is 27.7 Å². The van der Waals surface area contributed by atoms with Crippen LogP contribution in [0.15, 0.2) is 73.2 Å². The van der Waals surface area contributed by atoms with E-state index in [0.29, 0.717) is 6.04 Å². The van der Waals surface area contributed by atoms with Gasteiger partial charge < -0.3 is 25.2 Å². The van der Waals surface area contributed by atoms with Crippen molar-refractivity contribution in [3.8, 4) is 17.1 Å². The second-order valence-corrected chi connectivity index (χ2v) is 11.6. The lowest BCUT2D eigenvalue weighted by atomic mass is 9.94. The highest BCUT2D eigenvalue weighted by molar-refractivity contribution is 5.95. The van der Waals surface area contributed by atoms with Crippen molar-refractivity contribution in [2.45, 2.75) is 38.6 Å². The van der Waals surface area contributed by atoms with Crippen LogP contribution in [0.1, 0.15) is 43.0 Å². The zero-order valence-corrected chi connectivity index (χ0v) is 23.4. The molecule has 2 saturated heterocycles. The number of imidazole rings is 1. The summed E-state index contributed by atoms with van der Waals surface area (Å²) in [5, 5.41) is 15.2. The number of nitrogens with zero attached hydrogens (tertiary/aromatic N) is 4. The van der Waals surface area contributed by atoms with E-state index < -0.39 is 0 Å². The Bertz CT molecular complexity index is 1690. The largest absolute Gasteiger partial charge is 0.494 e. The molecule has 8 nitrogen and oxygen atoms in total. The molecule has 210 valence electrons. The van der Waals surface area contributed by atoms with Crippen LogP contribution in [0.4, 0.5) is 11.4 Å². The van der Waals surface area contributed by atoms with Crippen LogP contribution in [-0.2, 0) is 0 Å². The van der Waals surface area contributed by atoms with Gasteiger partial charge in [0, 0.05) is 59.7 Å². The van der Waals surface area contributed by atoms with Crippen LogP contribution in [-0.4, -0.2) is 67.4 Å². The molecule has 41 heavy (non-hydrogen) atoms. The number of H-pyrrole nitrogens is 1. The van der Waals surface area contributed by atoms with E-state index in [4.69, 9.17) is 0 Å². The van der Waals surface area contributed by atoms with E-state index >= 15 is 0 Å². The monoisotopic (exact) mass is 548 g/mol. The van der Waals surface area contributed by atoms with Crippen molar-refractivity contribution in [1.82, 2.24) is 24.2 Å². The first-order chi connectivity index (χ1) is 20.0. The minimum absolute atomic E-state index is 0.120. The number of anilines is 2. The average molecular weight is 549 g/mol. The highest BCUT2D eigenvalue weighted by atomic mass is 16.3. The summed E-state index contributed by atoms with van der Waals surface area (Å²) in [6.45, 7) is 6.43. The second kappa shape index (κ2) is 10.6. The number of amides is 1. The lowest BCUT2D eigenvalue weighted by Crippen LogP contribution is -2.48. The molecule has 5 heterocycles. The Morgan fingerprint density at radius 2 is 1.76 bits per heavy atom. The molecule has 0 spiro atoms. The Kier molecular flexibility index (Phi) is 6.63. The number of hydrogen-bond donors (Lipinski definition) is 3. The molecule has 2 fully saturated rings. The molecule has 0 saturated carbocycles. The zero-order chi connectivity index (χ0) is 27.9. The fourth-order valence-electron chi connectivity index (χ4n) is 6.49. The number of aromatic hydroxyl groups is 1. The van der Waals surface area contributed by atoms with Gasteiger partial charge in [-0.3, -0.25) is 9.20 Å². The maximum atomic E-state index is 13.3. The number of carbonyl (C=O) groups excluding carboxylic acids is 1. The quantitative estimate of drug-likeness (QED) is 0.241. The summed E-state index contributed by atoms with van der Waals surface area (Å²) in [6.07, 6.45) is 10.3. The predicted molar refractivity (Wildman–Crippen MR) is 163 cm³/mol. The fourth-order valence-corrected chi connectivity index (χ4v) is 6.49. The third kappa shape index (κ3) is 4.93. The van der Waals surface area contributed by atoms with Gasteiger partial charge in [0.05, 0.1) is 11.4 Å². The van der Waals surface area contributed by atoms with Crippen molar-refractivity contribution in [3.05, 3.63) is 78.8 Å². The second-order valence-electron chi connectivity index (χ2n) is 11.6. The van der Waals surface area contributed by atoms with E-state index in [1.807, 2.05) is 59.8 Å². The number of aromatic amines is 1. The highest BCUT2D eigenvalue weighted by Gasteiger charge is 2.29. The van der Waals surface area contributed by atoms with Crippen LogP contribution in [0.2, 0.25) is 0 Å². The number of hydrogen-bond acceptors (Lipinski definition) is 5. The molecule has 5 aromatic rings. The normalized spacial score (nSPS) is 17.4. The summed E-state index contributed by atoms with van der Waals surface area (Å²) in [4.78, 5) is 25.4. The van der Waals surface area contributed by atoms with Gasteiger partial charge in [-0.2, -0.15) is 0 Å². The van der Waals surface area contributed by atoms with Crippen molar-refractivity contribution >= 4 is 33.7 Å². The van der Waals surface area contributed by atoms with Crippen molar-refractivity contribution in [1.29, 1.82) is 0 Å². The summed E-state index contributed by atoms with van der Waals surface area (Å²) in [5.41, 5.74) is 5.36. The topological polar surface area (TPSA) is 88.9 Å². The molecule has 3 aromatic heterocycles. The molecular formula is C33H36N6O2. The molecule has 2 aromatic carbocycles. The molecule has 3 N–H and O–H groups in total. The van der Waals surface area contributed by atoms with Gasteiger partial charge in [-0.15, -0.1) is 0 Å². The van der Waals surface area contributed by atoms with E-state index in [2.05, 4.69) is 43.6 Å². The Hall–Kier alpha value is -4.30. The Labute approximate surface area is 239 Å². The van der Waals surface area contributed by atoms with Gasteiger partial charge in [0.15, 0.2) is 11.5 Å². The first kappa shape index (κ1) is 25.7. The SMILES string of the molecule is CC1CCN(C2CCN(C(=O)c3ccc(Nc4ccc(-c5ccc6c(O)[nH]cc6c5)n5ccnc45)cc3)CC2)CC1. The van der Waals surface area contributed by atoms with Crippen molar-refractivity contribution in [3.63, 3.8) is 0 Å². The van der Waals surface area contributed by atoms with Gasteiger partial charge in [0.1, 0.15) is 0 Å². The first-order valence-electron chi connectivity index (χ1n) is 14.7. The highest BCUT2D eigenvalue weighted by Crippen LogP contribution is 2.32. The van der Waals surface area contributed by atoms with Crippen LogP contribution in [0.5, 0.6) is 5.88 Å². The molecule has 0 radical (unpaired) electrons. The number of rotatable bonds is 5. The number of benzene rings is 2. The fraction of sp³-hybridized carbons (Fsp3) is 0.333. The molecule has 1 amide bonds. The number of carbonyl (C=O) groups is 1. The number of piperidine rings is 2. The van der Waals surface area contributed by atoms with Gasteiger partial charge in [-0.25, -0.2) is 4.98 Å². The minimum atomic E-state index is 0.120. The molecule has 0 aliphatic carbocycles. The smallest absolute Gasteiger partial charge is 0.253 e. The van der Waals surface area contributed by atoms with Gasteiger partial charge >= 0.3 is 0 Å². The lowest BCUT2D eigenvalue weighted by molar-refractivity contribution is 0.0560. The number of likely N-dealkylation sites (tertiary alicyclic amines) is 2. The van der Waals surface area contributed by atoms with E-state index in [-0.39, 0.29) is 11.8 Å². The van der Waals surface area contributed by atoms with Crippen LogP contribution in [0, 0.1) is 5.92 Å². The number of fused-ring (bicyclic) bond motifs is 2. The summed E-state index contributed by atoms with van der Waals surface area (Å²) in [7, 11) is 0. The van der Waals surface area contributed by atoms with E-state index in [0.717, 1.165) is 76.5 Å². The van der Waals surface area contributed by atoms with E-state index in [1.165, 1.54) is 25.9 Å². The molecule has 2 aliphatic rings. The zero-order valence-electron chi connectivity index (χ0n) is 23.4. The van der Waals surface area contributed by atoms with Crippen LogP contribution < -0.4 is 5.32 Å². The maximum Gasteiger partial charge on any atom is 0.253 e. The van der Waals surface area contributed by atoms with Crippen molar-refractivity contribution < 1.29 is 9.90 Å². The Balaban J connectivity index is 1.03. The first-order valence-corrected chi connectivity index (χ1v) is 14.7. The molecular weight excluding hydrogens is 512 g/mol. The van der Waals surface area contributed by atoms with E-state index in [9.17, 15) is 9.90 Å². The Morgan fingerprint density at radius 1 is 0.976 bits per heavy atom. The van der Waals surface area contributed by atoms with Gasteiger partial charge in [0.2, 0.25) is 0 Å². The minimum Gasteiger partial charge on any atom is -0.494 e. The summed E-state index contributed by atoms with van der Waals surface area (Å²) < 4.78 is 2.06. The Morgan fingerprint density at radius 3 is 2.54 bits per heavy atom. The molecule has 0 atom stereocenters.